The van der Waals surface area contributed by atoms with Crippen LogP contribution in [0.1, 0.15) is 101 Å². The molecule has 4 aliphatic rings. The van der Waals surface area contributed by atoms with Crippen molar-refractivity contribution in [3.8, 4) is 0 Å². The van der Waals surface area contributed by atoms with Gasteiger partial charge in [-0.15, -0.1) is 0 Å². The van der Waals surface area contributed by atoms with Crippen LogP contribution < -0.4 is 0 Å². The van der Waals surface area contributed by atoms with Crippen LogP contribution in [0.5, 0.6) is 0 Å². The van der Waals surface area contributed by atoms with Gasteiger partial charge in [-0.2, -0.15) is 0 Å². The first-order chi connectivity index (χ1) is 23.7. The SMILES string of the molecule is CC[C@H]1OC(=O)[C@H](C)[C@@H](O[C@H]2C[C@@](C)(OC)C[C@H](C)O2)[C@H](C)[C@@H](O[C@@H]2O[C@H](C)C[C@H](N(C)CCO)[C@H]2O)[C@@]2(C)C[C@H](C)[C@@H](O2)[C@H](C)[C@@H](O)[C@]1(C)O. The lowest BCUT2D eigenvalue weighted by molar-refractivity contribution is -0.312. The van der Waals surface area contributed by atoms with Gasteiger partial charge in [0.1, 0.15) is 17.8 Å². The van der Waals surface area contributed by atoms with Gasteiger partial charge in [-0.3, -0.25) is 9.69 Å². The molecule has 0 amide bonds. The molecule has 4 fully saturated rings. The van der Waals surface area contributed by atoms with Gasteiger partial charge in [0.25, 0.3) is 0 Å². The van der Waals surface area contributed by atoms with Crippen molar-refractivity contribution >= 4 is 5.97 Å². The van der Waals surface area contributed by atoms with E-state index in [4.69, 9.17) is 33.2 Å². The van der Waals surface area contributed by atoms with Crippen molar-refractivity contribution < 1.29 is 58.4 Å². The molecule has 4 rings (SSSR count). The lowest BCUT2D eigenvalue weighted by Gasteiger charge is -2.48. The molecule has 0 aromatic heterocycles. The zero-order valence-electron chi connectivity index (χ0n) is 33.1. The topological polar surface area (TPSA) is 166 Å². The lowest BCUT2D eigenvalue weighted by atomic mass is 9.76. The molecule has 4 saturated heterocycles. The van der Waals surface area contributed by atoms with Crippen molar-refractivity contribution in [2.75, 3.05) is 27.3 Å². The van der Waals surface area contributed by atoms with Crippen LogP contribution in [-0.4, -0.2) is 143 Å². The highest BCUT2D eigenvalue weighted by Gasteiger charge is 2.57. The Kier molecular flexibility index (Phi) is 14.1. The number of methoxy groups -OCH3 is 1. The minimum atomic E-state index is -1.77. The number of aliphatic hydroxyl groups excluding tert-OH is 3. The van der Waals surface area contributed by atoms with E-state index in [1.54, 1.807) is 14.0 Å². The second-order valence-corrected chi connectivity index (χ2v) is 17.0. The predicted molar refractivity (Wildman–Crippen MR) is 189 cm³/mol. The number of likely N-dealkylation sites (N-methyl/N-ethyl adjacent to an activating group) is 1. The summed E-state index contributed by atoms with van der Waals surface area (Å²) in [6, 6.07) is -0.340. The number of ether oxygens (including phenoxy) is 7. The van der Waals surface area contributed by atoms with Crippen LogP contribution in [0.3, 0.4) is 0 Å². The number of carbonyl (C=O) groups excluding carboxylic acids is 1. The summed E-state index contributed by atoms with van der Waals surface area (Å²) in [5.41, 5.74) is -3.28. The van der Waals surface area contributed by atoms with Crippen molar-refractivity contribution in [3.05, 3.63) is 0 Å². The highest BCUT2D eigenvalue weighted by Crippen LogP contribution is 2.48. The van der Waals surface area contributed by atoms with Gasteiger partial charge in [0, 0.05) is 44.4 Å². The summed E-state index contributed by atoms with van der Waals surface area (Å²) in [7, 11) is 3.53. The molecular formula is C38H69NO12. The number of cyclic esters (lactones) is 1. The van der Waals surface area contributed by atoms with E-state index < -0.39 is 89.7 Å². The van der Waals surface area contributed by atoms with Gasteiger partial charge in [-0.1, -0.05) is 27.7 Å². The number of aliphatic hydroxyl groups is 4. The van der Waals surface area contributed by atoms with Crippen molar-refractivity contribution in [1.29, 1.82) is 0 Å². The third-order valence-electron chi connectivity index (χ3n) is 12.5. The summed E-state index contributed by atoms with van der Waals surface area (Å²) < 4.78 is 45.3. The minimum Gasteiger partial charge on any atom is -0.459 e. The zero-order valence-corrected chi connectivity index (χ0v) is 33.1. The largest absolute Gasteiger partial charge is 0.459 e. The van der Waals surface area contributed by atoms with E-state index in [1.165, 1.54) is 6.92 Å². The summed E-state index contributed by atoms with van der Waals surface area (Å²) >= 11 is 0. The summed E-state index contributed by atoms with van der Waals surface area (Å²) in [6.07, 6.45) is -5.21. The number of hydrogen-bond acceptors (Lipinski definition) is 13. The fourth-order valence-corrected chi connectivity index (χ4v) is 9.50. The van der Waals surface area contributed by atoms with E-state index in [9.17, 15) is 25.2 Å². The Labute approximate surface area is 305 Å². The van der Waals surface area contributed by atoms with E-state index in [1.807, 2.05) is 60.4 Å². The molecule has 0 aliphatic carbocycles. The van der Waals surface area contributed by atoms with E-state index in [0.29, 0.717) is 32.2 Å². The number of rotatable bonds is 9. The lowest BCUT2D eigenvalue weighted by Crippen LogP contribution is -2.60. The van der Waals surface area contributed by atoms with E-state index in [2.05, 4.69) is 6.92 Å². The van der Waals surface area contributed by atoms with Crippen molar-refractivity contribution in [2.24, 2.45) is 23.7 Å². The van der Waals surface area contributed by atoms with E-state index in [-0.39, 0.29) is 37.2 Å². The van der Waals surface area contributed by atoms with Crippen LogP contribution in [0.4, 0.5) is 0 Å². The van der Waals surface area contributed by atoms with Gasteiger partial charge in [0.05, 0.1) is 60.4 Å². The van der Waals surface area contributed by atoms with Crippen LogP contribution >= 0.6 is 0 Å². The Hall–Kier alpha value is -0.970. The monoisotopic (exact) mass is 731 g/mol. The Morgan fingerprint density at radius 3 is 2.22 bits per heavy atom. The van der Waals surface area contributed by atoms with Crippen LogP contribution in [0.2, 0.25) is 0 Å². The Bertz CT molecular complexity index is 1140. The highest BCUT2D eigenvalue weighted by atomic mass is 16.7. The Balaban J connectivity index is 1.82. The van der Waals surface area contributed by atoms with Crippen molar-refractivity contribution in [1.82, 2.24) is 4.90 Å². The average molecular weight is 732 g/mol. The second kappa shape index (κ2) is 16.8. The molecule has 298 valence electrons. The molecule has 4 heterocycles. The van der Waals surface area contributed by atoms with Crippen LogP contribution in [0.25, 0.3) is 0 Å². The first-order valence-electron chi connectivity index (χ1n) is 19.2. The van der Waals surface area contributed by atoms with Gasteiger partial charge in [-0.05, 0) is 73.8 Å². The van der Waals surface area contributed by atoms with Gasteiger partial charge < -0.3 is 53.6 Å². The maximum absolute atomic E-state index is 14.1. The number of nitrogens with zero attached hydrogens (tertiary/aromatic N) is 1. The van der Waals surface area contributed by atoms with Gasteiger partial charge in [-0.25, -0.2) is 0 Å². The molecule has 13 nitrogen and oxygen atoms in total. The smallest absolute Gasteiger partial charge is 0.311 e. The number of hydrogen-bond donors (Lipinski definition) is 4. The molecule has 18 atom stereocenters. The van der Waals surface area contributed by atoms with Crippen molar-refractivity contribution in [3.63, 3.8) is 0 Å². The second-order valence-electron chi connectivity index (χ2n) is 17.0. The first kappa shape index (κ1) is 42.8. The molecule has 4 aliphatic heterocycles. The van der Waals surface area contributed by atoms with E-state index in [0.717, 1.165) is 0 Å². The molecule has 0 unspecified atom stereocenters. The molecule has 4 N–H and O–H groups in total. The summed E-state index contributed by atoms with van der Waals surface area (Å²) in [5.74, 6) is -2.61. The standard InChI is InChI=1S/C38H69NO12/c1-13-27-38(10,44)32(42)23(5)30-20(2)17-37(9,51-30)33(50-35-29(41)26(16-21(3)47-35)39(11)14-15-40)24(6)31(25(7)34(43)48-27)49-28-19-36(8,45-12)18-22(4)46-28/h20-33,35,40-42,44H,13-19H2,1-12H3/t20-,21+,22-,23-,24-,25+,26-,27+,28-,29+,30+,31-,32+,33+,35-,36-,37+,38+/m0/s1. The fourth-order valence-electron chi connectivity index (χ4n) is 9.50. The first-order valence-corrected chi connectivity index (χ1v) is 19.2. The summed E-state index contributed by atoms with van der Waals surface area (Å²) in [5, 5.41) is 44.9. The van der Waals surface area contributed by atoms with Crippen molar-refractivity contribution in [2.45, 2.75) is 186 Å². The maximum atomic E-state index is 14.1. The maximum Gasteiger partial charge on any atom is 0.311 e. The molecule has 0 aromatic rings. The van der Waals surface area contributed by atoms with E-state index >= 15 is 0 Å². The number of carbonyl (C=O) groups is 1. The highest BCUT2D eigenvalue weighted by molar-refractivity contribution is 5.73. The number of esters is 1. The molecule has 0 saturated carbocycles. The van der Waals surface area contributed by atoms with Crippen LogP contribution in [-0.2, 0) is 38.0 Å². The Morgan fingerprint density at radius 1 is 0.941 bits per heavy atom. The quantitative estimate of drug-likeness (QED) is 0.256. The molecule has 51 heavy (non-hydrogen) atoms. The number of fused-ring (bicyclic) bond motifs is 2. The summed E-state index contributed by atoms with van der Waals surface area (Å²) in [6.45, 7) is 19.1. The third kappa shape index (κ3) is 9.12. The molecule has 0 aromatic carbocycles. The molecule has 13 heteroatoms. The minimum absolute atomic E-state index is 0.0550. The van der Waals surface area contributed by atoms with Crippen LogP contribution in [0, 0.1) is 23.7 Å². The fraction of sp³-hybridized carbons (Fsp3) is 0.974. The molecule has 0 spiro atoms. The summed E-state index contributed by atoms with van der Waals surface area (Å²) in [4.78, 5) is 16.1. The van der Waals surface area contributed by atoms with Gasteiger partial charge >= 0.3 is 5.97 Å². The third-order valence-corrected chi connectivity index (χ3v) is 12.5. The average Bonchev–Trinajstić information content (AvgIpc) is 3.38. The van der Waals surface area contributed by atoms with Gasteiger partial charge in [0.15, 0.2) is 12.6 Å². The van der Waals surface area contributed by atoms with Gasteiger partial charge in [0.2, 0.25) is 0 Å². The predicted octanol–water partition coefficient (Wildman–Crippen LogP) is 3.01. The normalized spacial score (nSPS) is 50.3. The molecular weight excluding hydrogens is 662 g/mol. The molecule has 2 bridgehead atoms. The zero-order chi connectivity index (χ0) is 38.2. The van der Waals surface area contributed by atoms with Crippen LogP contribution in [0.15, 0.2) is 0 Å². The molecule has 0 radical (unpaired) electrons. The Morgan fingerprint density at radius 2 is 1.61 bits per heavy atom.